The summed E-state index contributed by atoms with van der Waals surface area (Å²) in [5.74, 6) is -3.72. The molecule has 0 unspecified atom stereocenters. The number of unbranched alkanes of at least 4 members (excludes halogenated alkanes) is 1. The second-order valence-electron chi connectivity index (χ2n) is 5.22. The summed E-state index contributed by atoms with van der Waals surface area (Å²) < 4.78 is 0. The van der Waals surface area contributed by atoms with Crippen LogP contribution in [0.4, 0.5) is 0 Å². The maximum atomic E-state index is 10.7. The van der Waals surface area contributed by atoms with Crippen molar-refractivity contribution in [2.75, 3.05) is 0 Å². The minimum atomic E-state index is -0.988. The number of aromatic carboxylic acids is 2. The molecule has 24 heavy (non-hydrogen) atoms. The lowest BCUT2D eigenvalue weighted by molar-refractivity contribution is -0.139. The van der Waals surface area contributed by atoms with E-state index in [2.05, 4.69) is 0 Å². The monoisotopic (exact) mass is 338 g/mol. The number of hydrogen-bond donors (Lipinski definition) is 4. The average Bonchev–Trinajstić information content (AvgIpc) is 2.44. The molecule has 8 nitrogen and oxygen atoms in total. The van der Waals surface area contributed by atoms with E-state index in [0.29, 0.717) is 36.8 Å². The Morgan fingerprint density at radius 3 is 1.25 bits per heavy atom. The summed E-state index contributed by atoms with van der Waals surface area (Å²) in [5.41, 5.74) is 1.82. The van der Waals surface area contributed by atoms with Crippen LogP contribution in [0.3, 0.4) is 0 Å². The van der Waals surface area contributed by atoms with Gasteiger partial charge in [-0.25, -0.2) is 9.59 Å². The molecular weight excluding hydrogens is 320 g/mol. The molecule has 0 saturated heterocycles. The van der Waals surface area contributed by atoms with Crippen molar-refractivity contribution in [1.82, 2.24) is 0 Å². The third-order valence-corrected chi connectivity index (χ3v) is 3.55. The lowest BCUT2D eigenvalue weighted by Gasteiger charge is -2.22. The Kier molecular flexibility index (Phi) is 6.91. The first-order chi connectivity index (χ1) is 11.2. The van der Waals surface area contributed by atoms with Gasteiger partial charge < -0.3 is 20.4 Å². The van der Waals surface area contributed by atoms with Crippen molar-refractivity contribution in [3.05, 3.63) is 34.4 Å². The summed E-state index contributed by atoms with van der Waals surface area (Å²) in [6.45, 7) is 0. The summed E-state index contributed by atoms with van der Waals surface area (Å²) in [6.07, 6.45) is 2.35. The van der Waals surface area contributed by atoms with E-state index in [-0.39, 0.29) is 24.0 Å². The highest BCUT2D eigenvalue weighted by molar-refractivity contribution is 5.96. The number of carbonyl (C=O) groups is 4. The zero-order chi connectivity index (χ0) is 18.3. The summed E-state index contributed by atoms with van der Waals surface area (Å²) >= 11 is 0. The van der Waals surface area contributed by atoms with Gasteiger partial charge in [-0.3, -0.25) is 9.59 Å². The number of fused-ring (bicyclic) bond motifs is 1. The van der Waals surface area contributed by atoms with Gasteiger partial charge in [0, 0.05) is 12.8 Å². The third kappa shape index (κ3) is 5.38. The SMILES string of the molecule is O=C(O)CCCCC(=O)O.O=C(O)c1ccc(C(=O)O)c2c1CC2. The second-order valence-corrected chi connectivity index (χ2v) is 5.22. The van der Waals surface area contributed by atoms with Crippen molar-refractivity contribution in [2.45, 2.75) is 38.5 Å². The van der Waals surface area contributed by atoms with Gasteiger partial charge in [-0.05, 0) is 48.9 Å². The molecule has 0 saturated carbocycles. The van der Waals surface area contributed by atoms with Gasteiger partial charge in [0.25, 0.3) is 0 Å². The average molecular weight is 338 g/mol. The Morgan fingerprint density at radius 2 is 1.04 bits per heavy atom. The van der Waals surface area contributed by atoms with Crippen molar-refractivity contribution in [2.24, 2.45) is 0 Å². The molecule has 1 aliphatic rings. The predicted octanol–water partition coefficient (Wildman–Crippen LogP) is 1.90. The zero-order valence-corrected chi connectivity index (χ0v) is 12.8. The minimum absolute atomic E-state index is 0.0628. The molecule has 0 aromatic heterocycles. The van der Waals surface area contributed by atoms with Gasteiger partial charge in [-0.1, -0.05) is 0 Å². The van der Waals surface area contributed by atoms with Crippen molar-refractivity contribution >= 4 is 23.9 Å². The highest BCUT2D eigenvalue weighted by atomic mass is 16.4. The van der Waals surface area contributed by atoms with Crippen LogP contribution in [0.25, 0.3) is 0 Å². The first kappa shape index (κ1) is 19.1. The first-order valence-electron chi connectivity index (χ1n) is 7.29. The van der Waals surface area contributed by atoms with Gasteiger partial charge >= 0.3 is 23.9 Å². The lowest BCUT2D eigenvalue weighted by atomic mass is 9.81. The van der Waals surface area contributed by atoms with Crippen LogP contribution in [0.5, 0.6) is 0 Å². The summed E-state index contributed by atoms with van der Waals surface area (Å²) in [7, 11) is 0. The third-order valence-electron chi connectivity index (χ3n) is 3.55. The van der Waals surface area contributed by atoms with Crippen LogP contribution in [0.15, 0.2) is 12.1 Å². The molecule has 0 heterocycles. The van der Waals surface area contributed by atoms with Gasteiger partial charge in [0.1, 0.15) is 0 Å². The van der Waals surface area contributed by atoms with Crippen molar-refractivity contribution in [3.63, 3.8) is 0 Å². The van der Waals surface area contributed by atoms with E-state index < -0.39 is 23.9 Å². The van der Waals surface area contributed by atoms with Gasteiger partial charge in [0.15, 0.2) is 0 Å². The van der Waals surface area contributed by atoms with Gasteiger partial charge in [0.05, 0.1) is 11.1 Å². The van der Waals surface area contributed by atoms with Crippen LogP contribution in [0, 0.1) is 0 Å². The molecule has 0 bridgehead atoms. The molecule has 2 rings (SSSR count). The fourth-order valence-electron chi connectivity index (χ4n) is 2.29. The van der Waals surface area contributed by atoms with Crippen molar-refractivity contribution in [1.29, 1.82) is 0 Å². The smallest absolute Gasteiger partial charge is 0.335 e. The quantitative estimate of drug-likeness (QED) is 0.551. The molecule has 0 radical (unpaired) electrons. The van der Waals surface area contributed by atoms with Crippen molar-refractivity contribution < 1.29 is 39.6 Å². The largest absolute Gasteiger partial charge is 0.481 e. The van der Waals surface area contributed by atoms with E-state index in [1.54, 1.807) is 0 Å². The molecule has 1 aliphatic carbocycles. The van der Waals surface area contributed by atoms with Crippen LogP contribution < -0.4 is 0 Å². The van der Waals surface area contributed by atoms with Crippen LogP contribution in [0.2, 0.25) is 0 Å². The summed E-state index contributed by atoms with van der Waals surface area (Å²) in [5, 5.41) is 33.9. The number of hydrogen-bond acceptors (Lipinski definition) is 4. The normalized spacial score (nSPS) is 11.3. The molecule has 0 spiro atoms. The number of carboxylic acids is 4. The van der Waals surface area contributed by atoms with Crippen LogP contribution in [-0.4, -0.2) is 44.3 Å². The highest BCUT2D eigenvalue weighted by Crippen LogP contribution is 2.30. The number of carboxylic acid groups (broad SMARTS) is 4. The fraction of sp³-hybridized carbons (Fsp3) is 0.375. The molecule has 1 aromatic rings. The molecule has 0 fully saturated rings. The lowest BCUT2D eigenvalue weighted by Crippen LogP contribution is -2.19. The first-order valence-corrected chi connectivity index (χ1v) is 7.29. The minimum Gasteiger partial charge on any atom is -0.481 e. The zero-order valence-electron chi connectivity index (χ0n) is 12.8. The summed E-state index contributed by atoms with van der Waals surface area (Å²) in [4.78, 5) is 41.3. The Bertz CT molecular complexity index is 605. The van der Waals surface area contributed by atoms with Crippen LogP contribution in [0.1, 0.15) is 57.5 Å². The van der Waals surface area contributed by atoms with Gasteiger partial charge in [-0.15, -0.1) is 0 Å². The topological polar surface area (TPSA) is 149 Å². The maximum absolute atomic E-state index is 10.7. The molecule has 1 aromatic carbocycles. The van der Waals surface area contributed by atoms with E-state index in [0.717, 1.165) is 0 Å². The fourth-order valence-corrected chi connectivity index (χ4v) is 2.29. The predicted molar refractivity (Wildman–Crippen MR) is 81.5 cm³/mol. The molecule has 4 N–H and O–H groups in total. The van der Waals surface area contributed by atoms with E-state index >= 15 is 0 Å². The van der Waals surface area contributed by atoms with Crippen molar-refractivity contribution in [3.8, 4) is 0 Å². The Balaban J connectivity index is 0.000000257. The van der Waals surface area contributed by atoms with Crippen LogP contribution >= 0.6 is 0 Å². The molecular formula is C16H18O8. The number of rotatable bonds is 7. The standard InChI is InChI=1S/C10H8O4.C6H10O4/c11-9(12)7-3-4-8(10(13)14)6-2-1-5(6)7;7-5(8)3-1-2-4-6(9)10/h3-4H,1-2H2,(H,11,12)(H,13,14);1-4H2,(H,7,8)(H,9,10). The Morgan fingerprint density at radius 1 is 0.708 bits per heavy atom. The number of aliphatic carboxylic acids is 2. The Hall–Kier alpha value is -2.90. The van der Waals surface area contributed by atoms with Gasteiger partial charge in [-0.2, -0.15) is 0 Å². The highest BCUT2D eigenvalue weighted by Gasteiger charge is 2.26. The molecule has 130 valence electrons. The van der Waals surface area contributed by atoms with Gasteiger partial charge in [0.2, 0.25) is 0 Å². The summed E-state index contributed by atoms with van der Waals surface area (Å²) in [6, 6.07) is 2.73. The van der Waals surface area contributed by atoms with E-state index in [9.17, 15) is 19.2 Å². The maximum Gasteiger partial charge on any atom is 0.335 e. The molecule has 0 aliphatic heterocycles. The second kappa shape index (κ2) is 8.66. The van der Waals surface area contributed by atoms with E-state index in [4.69, 9.17) is 20.4 Å². The number of benzene rings is 1. The van der Waals surface area contributed by atoms with E-state index in [1.807, 2.05) is 0 Å². The molecule has 8 heteroatoms. The molecule has 0 amide bonds. The van der Waals surface area contributed by atoms with Crippen LogP contribution in [-0.2, 0) is 22.4 Å². The van der Waals surface area contributed by atoms with E-state index in [1.165, 1.54) is 12.1 Å². The Labute approximate surface area is 137 Å². The molecule has 0 atom stereocenters.